The Labute approximate surface area is 176 Å². The average Bonchev–Trinajstić information content (AvgIpc) is 3.45. The first-order chi connectivity index (χ1) is 14.6. The Hall–Kier alpha value is -3.46. The Kier molecular flexibility index (Phi) is 4.59. The van der Waals surface area contributed by atoms with E-state index in [1.54, 1.807) is 13.0 Å². The topological polar surface area (TPSA) is 93.3 Å². The zero-order chi connectivity index (χ0) is 20.7. The summed E-state index contributed by atoms with van der Waals surface area (Å²) in [4.78, 5) is 32.5. The van der Waals surface area contributed by atoms with Gasteiger partial charge in [-0.15, -0.1) is 0 Å². The minimum absolute atomic E-state index is 0.0686. The molecular formula is C21H19N5O3S. The number of hydrogen-bond donors (Lipinski definition) is 1. The summed E-state index contributed by atoms with van der Waals surface area (Å²) in [5.41, 5.74) is 2.20. The summed E-state index contributed by atoms with van der Waals surface area (Å²) in [7, 11) is 0. The van der Waals surface area contributed by atoms with Crippen molar-refractivity contribution in [1.29, 1.82) is 0 Å². The molecule has 152 valence electrons. The van der Waals surface area contributed by atoms with Crippen LogP contribution in [0, 0.1) is 6.92 Å². The molecule has 1 aromatic carbocycles. The minimum Gasteiger partial charge on any atom is -0.361 e. The lowest BCUT2D eigenvalue weighted by Gasteiger charge is -2.26. The van der Waals surface area contributed by atoms with Crippen LogP contribution >= 0.6 is 11.3 Å². The van der Waals surface area contributed by atoms with Gasteiger partial charge in [0.15, 0.2) is 10.8 Å². The van der Waals surface area contributed by atoms with Crippen LogP contribution in [0.3, 0.4) is 0 Å². The van der Waals surface area contributed by atoms with E-state index in [1.165, 1.54) is 11.3 Å². The van der Waals surface area contributed by atoms with Crippen LogP contribution in [0.2, 0.25) is 0 Å². The first-order valence-corrected chi connectivity index (χ1v) is 10.4. The third kappa shape index (κ3) is 3.48. The lowest BCUT2D eigenvalue weighted by atomic mass is 10.2. The van der Waals surface area contributed by atoms with Crippen LogP contribution in [-0.2, 0) is 24.3 Å². The molecule has 1 aliphatic rings. The van der Waals surface area contributed by atoms with Crippen LogP contribution in [0.5, 0.6) is 0 Å². The number of carbonyl (C=O) groups excluding carboxylic acids is 2. The van der Waals surface area contributed by atoms with E-state index in [0.29, 0.717) is 36.9 Å². The molecule has 1 N–H and O–H groups in total. The summed E-state index contributed by atoms with van der Waals surface area (Å²) in [6.07, 6.45) is 2.62. The van der Waals surface area contributed by atoms with Gasteiger partial charge in [-0.05, 0) is 24.4 Å². The maximum absolute atomic E-state index is 12.9. The van der Waals surface area contributed by atoms with E-state index in [9.17, 15) is 9.59 Å². The Morgan fingerprint density at radius 3 is 2.97 bits per heavy atom. The van der Waals surface area contributed by atoms with Crippen LogP contribution in [0.25, 0.3) is 10.9 Å². The Bertz CT molecular complexity index is 1250. The van der Waals surface area contributed by atoms with Gasteiger partial charge in [0, 0.05) is 35.6 Å². The van der Waals surface area contributed by atoms with Gasteiger partial charge in [0.1, 0.15) is 12.3 Å². The fourth-order valence-electron chi connectivity index (χ4n) is 3.62. The van der Waals surface area contributed by atoms with Crippen LogP contribution in [-0.4, -0.2) is 38.0 Å². The SMILES string of the molecule is Cc1cc(C(=O)Nc2nc3c(s2)CN(C(=O)Cn2ccc4ccccc42)CC3)no1. The van der Waals surface area contributed by atoms with E-state index in [-0.39, 0.29) is 17.5 Å². The van der Waals surface area contributed by atoms with Crippen LogP contribution in [0.1, 0.15) is 26.8 Å². The summed E-state index contributed by atoms with van der Waals surface area (Å²) >= 11 is 1.39. The summed E-state index contributed by atoms with van der Waals surface area (Å²) in [6.45, 7) is 3.15. The van der Waals surface area contributed by atoms with Crippen molar-refractivity contribution in [2.75, 3.05) is 11.9 Å². The van der Waals surface area contributed by atoms with Crippen molar-refractivity contribution in [2.45, 2.75) is 26.4 Å². The molecule has 0 saturated carbocycles. The smallest absolute Gasteiger partial charge is 0.279 e. The van der Waals surface area contributed by atoms with E-state index in [2.05, 4.69) is 15.5 Å². The van der Waals surface area contributed by atoms with Crippen molar-refractivity contribution in [3.63, 3.8) is 0 Å². The molecule has 0 spiro atoms. The van der Waals surface area contributed by atoms with Crippen molar-refractivity contribution in [3.05, 3.63) is 64.6 Å². The number of aryl methyl sites for hydroxylation is 1. The Morgan fingerprint density at radius 2 is 2.13 bits per heavy atom. The highest BCUT2D eigenvalue weighted by Crippen LogP contribution is 2.29. The highest BCUT2D eigenvalue weighted by atomic mass is 32.1. The monoisotopic (exact) mass is 421 g/mol. The zero-order valence-corrected chi connectivity index (χ0v) is 17.1. The molecule has 4 heterocycles. The molecule has 0 radical (unpaired) electrons. The molecule has 0 atom stereocenters. The van der Waals surface area contributed by atoms with E-state index < -0.39 is 0 Å². The highest BCUT2D eigenvalue weighted by Gasteiger charge is 2.25. The summed E-state index contributed by atoms with van der Waals surface area (Å²) in [5, 5.41) is 8.12. The van der Waals surface area contributed by atoms with Gasteiger partial charge in [-0.1, -0.05) is 34.7 Å². The predicted molar refractivity (Wildman–Crippen MR) is 112 cm³/mol. The van der Waals surface area contributed by atoms with Gasteiger partial charge in [0.25, 0.3) is 5.91 Å². The second-order valence-electron chi connectivity index (χ2n) is 7.23. The van der Waals surface area contributed by atoms with Gasteiger partial charge in [-0.3, -0.25) is 14.9 Å². The first-order valence-electron chi connectivity index (χ1n) is 9.62. The molecular weight excluding hydrogens is 402 g/mol. The first kappa shape index (κ1) is 18.6. The number of aromatic nitrogens is 3. The van der Waals surface area contributed by atoms with Crippen LogP contribution < -0.4 is 5.32 Å². The second-order valence-corrected chi connectivity index (χ2v) is 8.32. The number of hydrogen-bond acceptors (Lipinski definition) is 6. The van der Waals surface area contributed by atoms with Crippen molar-refractivity contribution in [3.8, 4) is 0 Å². The van der Waals surface area contributed by atoms with E-state index in [1.807, 2.05) is 46.0 Å². The summed E-state index contributed by atoms with van der Waals surface area (Å²) < 4.78 is 6.92. The Balaban J connectivity index is 1.27. The molecule has 0 unspecified atom stereocenters. The molecule has 5 rings (SSSR count). The standard InChI is InChI=1S/C21H19N5O3S/c1-13-10-16(24-29-13)20(28)23-21-22-15-7-9-26(11-18(15)30-21)19(27)12-25-8-6-14-4-2-3-5-17(14)25/h2-6,8,10H,7,9,11-12H2,1H3,(H,22,23,28). The van der Waals surface area contributed by atoms with Gasteiger partial charge in [-0.25, -0.2) is 4.98 Å². The molecule has 9 heteroatoms. The number of benzene rings is 1. The number of nitrogens with zero attached hydrogens (tertiary/aromatic N) is 4. The van der Waals surface area contributed by atoms with Gasteiger partial charge in [0.05, 0.1) is 12.2 Å². The van der Waals surface area contributed by atoms with Gasteiger partial charge in [0.2, 0.25) is 5.91 Å². The molecule has 2 amide bonds. The zero-order valence-electron chi connectivity index (χ0n) is 16.3. The molecule has 30 heavy (non-hydrogen) atoms. The number of nitrogens with one attached hydrogen (secondary N) is 1. The quantitative estimate of drug-likeness (QED) is 0.546. The van der Waals surface area contributed by atoms with Gasteiger partial charge in [-0.2, -0.15) is 0 Å². The average molecular weight is 421 g/mol. The van der Waals surface area contributed by atoms with Crippen molar-refractivity contribution in [2.24, 2.45) is 0 Å². The van der Waals surface area contributed by atoms with Crippen LogP contribution in [0.4, 0.5) is 5.13 Å². The molecule has 0 saturated heterocycles. The number of anilines is 1. The molecule has 1 aliphatic heterocycles. The van der Waals surface area contributed by atoms with Crippen molar-refractivity contribution >= 4 is 39.2 Å². The lowest BCUT2D eigenvalue weighted by molar-refractivity contribution is -0.132. The summed E-state index contributed by atoms with van der Waals surface area (Å²) in [5.74, 6) is 0.285. The lowest BCUT2D eigenvalue weighted by Crippen LogP contribution is -2.37. The number of fused-ring (bicyclic) bond motifs is 2. The van der Waals surface area contributed by atoms with Crippen LogP contribution in [0.15, 0.2) is 47.1 Å². The fourth-order valence-corrected chi connectivity index (χ4v) is 4.64. The number of para-hydroxylation sites is 1. The van der Waals surface area contributed by atoms with Gasteiger partial charge >= 0.3 is 0 Å². The number of amides is 2. The minimum atomic E-state index is -0.356. The third-order valence-corrected chi connectivity index (χ3v) is 6.15. The number of rotatable bonds is 4. The van der Waals surface area contributed by atoms with Crippen molar-refractivity contribution < 1.29 is 14.1 Å². The molecule has 0 bridgehead atoms. The Morgan fingerprint density at radius 1 is 1.27 bits per heavy atom. The fraction of sp³-hybridized carbons (Fsp3) is 0.238. The summed E-state index contributed by atoms with van der Waals surface area (Å²) in [6, 6.07) is 11.6. The number of carbonyl (C=O) groups is 2. The van der Waals surface area contributed by atoms with E-state index >= 15 is 0 Å². The maximum Gasteiger partial charge on any atom is 0.279 e. The third-order valence-electron chi connectivity index (χ3n) is 5.15. The maximum atomic E-state index is 12.9. The molecule has 0 fully saturated rings. The predicted octanol–water partition coefficient (Wildman–Crippen LogP) is 3.23. The van der Waals surface area contributed by atoms with E-state index in [0.717, 1.165) is 21.5 Å². The molecule has 0 aliphatic carbocycles. The molecule has 8 nitrogen and oxygen atoms in total. The van der Waals surface area contributed by atoms with E-state index in [4.69, 9.17) is 4.52 Å². The molecule has 3 aromatic heterocycles. The number of thiazole rings is 1. The van der Waals surface area contributed by atoms with Gasteiger partial charge < -0.3 is 14.0 Å². The second kappa shape index (κ2) is 7.42. The largest absolute Gasteiger partial charge is 0.361 e. The van der Waals surface area contributed by atoms with Crippen molar-refractivity contribution in [1.82, 2.24) is 19.6 Å². The normalized spacial score (nSPS) is 13.4. The highest BCUT2D eigenvalue weighted by molar-refractivity contribution is 7.15. The molecule has 4 aromatic rings.